The third-order valence-electron chi connectivity index (χ3n) is 4.19. The first-order valence-corrected chi connectivity index (χ1v) is 8.89. The maximum atomic E-state index is 12.2. The quantitative estimate of drug-likeness (QED) is 0.782. The number of aryl methyl sites for hydroxylation is 1. The van der Waals surface area contributed by atoms with Crippen LogP contribution in [0.5, 0.6) is 0 Å². The van der Waals surface area contributed by atoms with E-state index in [1.54, 1.807) is 17.9 Å². The molecule has 3 rings (SSSR count). The molecule has 0 bridgehead atoms. The number of halogens is 1. The van der Waals surface area contributed by atoms with E-state index in [0.717, 1.165) is 39.0 Å². The molecular weight excluding hydrogens is 380 g/mol. The van der Waals surface area contributed by atoms with Gasteiger partial charge in [-0.1, -0.05) is 28.1 Å². The molecule has 1 N–H and O–H groups in total. The van der Waals surface area contributed by atoms with Crippen LogP contribution in [0.1, 0.15) is 23.6 Å². The zero-order valence-corrected chi connectivity index (χ0v) is 15.8. The Labute approximate surface area is 155 Å². The largest absolute Gasteiger partial charge is 0.323 e. The lowest BCUT2D eigenvalue weighted by molar-refractivity contribution is -0.116. The van der Waals surface area contributed by atoms with Crippen LogP contribution in [0.15, 0.2) is 46.9 Å². The monoisotopic (exact) mass is 398 g/mol. The molecule has 25 heavy (non-hydrogen) atoms. The molecule has 0 atom stereocenters. The van der Waals surface area contributed by atoms with Gasteiger partial charge < -0.3 is 10.2 Å². The van der Waals surface area contributed by atoms with Gasteiger partial charge in [-0.2, -0.15) is 0 Å². The lowest BCUT2D eigenvalue weighted by Crippen LogP contribution is -2.25. The molecule has 2 aromatic carbocycles. The summed E-state index contributed by atoms with van der Waals surface area (Å²) in [6.45, 7) is 4.29. The van der Waals surface area contributed by atoms with Crippen molar-refractivity contribution in [3.05, 3.63) is 63.6 Å². The van der Waals surface area contributed by atoms with Gasteiger partial charge in [-0.05, 0) is 60.4 Å². The van der Waals surface area contributed by atoms with E-state index in [1.165, 1.54) is 6.08 Å². The third-order valence-corrected chi connectivity index (χ3v) is 4.88. The van der Waals surface area contributed by atoms with E-state index < -0.39 is 0 Å². The van der Waals surface area contributed by atoms with Crippen LogP contribution in [0.25, 0.3) is 6.08 Å². The number of carbonyl (C=O) groups excluding carboxylic acids is 2. The van der Waals surface area contributed by atoms with Crippen molar-refractivity contribution in [3.63, 3.8) is 0 Å². The van der Waals surface area contributed by atoms with Crippen LogP contribution in [0.2, 0.25) is 0 Å². The Morgan fingerprint density at radius 3 is 2.72 bits per heavy atom. The average Bonchev–Trinajstić information content (AvgIpc) is 2.97. The Morgan fingerprint density at radius 2 is 2.00 bits per heavy atom. The van der Waals surface area contributed by atoms with Gasteiger partial charge in [0.2, 0.25) is 11.8 Å². The van der Waals surface area contributed by atoms with Crippen LogP contribution in [-0.2, 0) is 16.0 Å². The topological polar surface area (TPSA) is 49.4 Å². The molecule has 4 nitrogen and oxygen atoms in total. The van der Waals surface area contributed by atoms with Crippen molar-refractivity contribution in [3.8, 4) is 0 Å². The fourth-order valence-corrected chi connectivity index (χ4v) is 3.55. The third kappa shape index (κ3) is 3.99. The van der Waals surface area contributed by atoms with Gasteiger partial charge in [-0.15, -0.1) is 0 Å². The molecule has 5 heteroatoms. The van der Waals surface area contributed by atoms with Crippen molar-refractivity contribution in [1.82, 2.24) is 0 Å². The van der Waals surface area contributed by atoms with Crippen molar-refractivity contribution in [2.24, 2.45) is 0 Å². The molecule has 0 aromatic heterocycles. The summed E-state index contributed by atoms with van der Waals surface area (Å²) in [6.07, 6.45) is 4.11. The van der Waals surface area contributed by atoms with Gasteiger partial charge in [0.1, 0.15) is 0 Å². The first-order valence-electron chi connectivity index (χ1n) is 8.10. The lowest BCUT2D eigenvalue weighted by atomic mass is 10.1. The van der Waals surface area contributed by atoms with E-state index in [0.29, 0.717) is 6.54 Å². The molecule has 0 saturated carbocycles. The summed E-state index contributed by atoms with van der Waals surface area (Å²) >= 11 is 3.50. The van der Waals surface area contributed by atoms with Gasteiger partial charge in [0.05, 0.1) is 0 Å². The molecule has 0 unspecified atom stereocenters. The first-order chi connectivity index (χ1) is 11.9. The predicted octanol–water partition coefficient (Wildman–Crippen LogP) is 4.32. The average molecular weight is 399 g/mol. The smallest absolute Gasteiger partial charge is 0.248 e. The maximum Gasteiger partial charge on any atom is 0.248 e. The van der Waals surface area contributed by atoms with Crippen molar-refractivity contribution >= 4 is 45.2 Å². The summed E-state index contributed by atoms with van der Waals surface area (Å²) in [5, 5.41) is 2.87. The fraction of sp³-hybridized carbons (Fsp3) is 0.200. The van der Waals surface area contributed by atoms with E-state index in [-0.39, 0.29) is 11.8 Å². The minimum absolute atomic E-state index is 0.0437. The lowest BCUT2D eigenvalue weighted by Gasteiger charge is -2.14. The Hall–Kier alpha value is -2.40. The molecular formula is C20H19BrN2O2. The number of nitrogens with one attached hydrogen (secondary N) is 1. The molecule has 0 saturated heterocycles. The van der Waals surface area contributed by atoms with E-state index in [9.17, 15) is 9.59 Å². The van der Waals surface area contributed by atoms with Gasteiger partial charge in [0, 0.05) is 35.4 Å². The minimum atomic E-state index is -0.186. The Kier molecular flexibility index (Phi) is 5.04. The fourth-order valence-electron chi connectivity index (χ4n) is 2.92. The number of rotatable bonds is 3. The Bertz CT molecular complexity index is 874. The zero-order chi connectivity index (χ0) is 18.0. The van der Waals surface area contributed by atoms with Crippen molar-refractivity contribution in [2.75, 3.05) is 16.8 Å². The first kappa shape index (κ1) is 17.4. The van der Waals surface area contributed by atoms with E-state index in [1.807, 2.05) is 43.3 Å². The van der Waals surface area contributed by atoms with E-state index in [2.05, 4.69) is 21.2 Å². The highest BCUT2D eigenvalue weighted by Crippen LogP contribution is 2.30. The number of anilines is 2. The molecule has 128 valence electrons. The number of carbonyl (C=O) groups is 2. The van der Waals surface area contributed by atoms with Crippen LogP contribution in [-0.4, -0.2) is 18.4 Å². The molecule has 0 radical (unpaired) electrons. The highest BCUT2D eigenvalue weighted by molar-refractivity contribution is 9.10. The van der Waals surface area contributed by atoms with Crippen LogP contribution in [0, 0.1) is 6.92 Å². The second-order valence-electron chi connectivity index (χ2n) is 6.11. The molecule has 0 fully saturated rings. The van der Waals surface area contributed by atoms with Gasteiger partial charge in [-0.25, -0.2) is 0 Å². The molecule has 1 heterocycles. The number of amides is 2. The number of hydrogen-bond acceptors (Lipinski definition) is 2. The Balaban J connectivity index is 1.69. The maximum absolute atomic E-state index is 12.2. The van der Waals surface area contributed by atoms with E-state index >= 15 is 0 Å². The van der Waals surface area contributed by atoms with Gasteiger partial charge in [0.25, 0.3) is 0 Å². The summed E-state index contributed by atoms with van der Waals surface area (Å²) in [4.78, 5) is 25.5. The molecule has 2 amide bonds. The van der Waals surface area contributed by atoms with Crippen molar-refractivity contribution in [2.45, 2.75) is 20.3 Å². The highest BCUT2D eigenvalue weighted by Gasteiger charge is 2.22. The Morgan fingerprint density at radius 1 is 1.20 bits per heavy atom. The van der Waals surface area contributed by atoms with Gasteiger partial charge in [-0.3, -0.25) is 9.59 Å². The zero-order valence-electron chi connectivity index (χ0n) is 14.2. The SMILES string of the molecule is CC(=O)N1CCc2cc(NC(=O)/C=C/c3ccc(C)cc3Br)ccc21. The summed E-state index contributed by atoms with van der Waals surface area (Å²) in [6, 6.07) is 11.6. The molecule has 0 spiro atoms. The number of benzene rings is 2. The predicted molar refractivity (Wildman–Crippen MR) is 105 cm³/mol. The molecule has 1 aliphatic rings. The summed E-state index contributed by atoms with van der Waals surface area (Å²) in [5.74, 6) is -0.143. The molecule has 2 aromatic rings. The van der Waals surface area contributed by atoms with Crippen molar-refractivity contribution in [1.29, 1.82) is 0 Å². The van der Waals surface area contributed by atoms with Crippen LogP contribution >= 0.6 is 15.9 Å². The number of hydrogen-bond donors (Lipinski definition) is 1. The van der Waals surface area contributed by atoms with Crippen LogP contribution in [0.3, 0.4) is 0 Å². The van der Waals surface area contributed by atoms with Gasteiger partial charge in [0.15, 0.2) is 0 Å². The van der Waals surface area contributed by atoms with Gasteiger partial charge >= 0.3 is 0 Å². The number of nitrogens with zero attached hydrogens (tertiary/aromatic N) is 1. The minimum Gasteiger partial charge on any atom is -0.323 e. The highest BCUT2D eigenvalue weighted by atomic mass is 79.9. The second kappa shape index (κ2) is 7.23. The second-order valence-corrected chi connectivity index (χ2v) is 6.97. The normalized spacial score (nSPS) is 13.2. The van der Waals surface area contributed by atoms with Crippen LogP contribution in [0.4, 0.5) is 11.4 Å². The van der Waals surface area contributed by atoms with Crippen molar-refractivity contribution < 1.29 is 9.59 Å². The number of fused-ring (bicyclic) bond motifs is 1. The standard InChI is InChI=1S/C20H19BrN2O2/c1-13-3-4-15(18(21)11-13)5-8-20(25)22-17-6-7-19-16(12-17)9-10-23(19)14(2)24/h3-8,11-12H,9-10H2,1-2H3,(H,22,25)/b8-5+. The summed E-state index contributed by atoms with van der Waals surface area (Å²) in [7, 11) is 0. The van der Waals surface area contributed by atoms with Crippen LogP contribution < -0.4 is 10.2 Å². The van der Waals surface area contributed by atoms with E-state index in [4.69, 9.17) is 0 Å². The summed E-state index contributed by atoms with van der Waals surface area (Å²) < 4.78 is 0.957. The molecule has 0 aliphatic carbocycles. The molecule has 1 aliphatic heterocycles. The summed E-state index contributed by atoms with van der Waals surface area (Å²) in [5.41, 5.74) is 4.86.